The first-order valence-corrected chi connectivity index (χ1v) is 8.05. The first-order valence-electron chi connectivity index (χ1n) is 8.05. The lowest BCUT2D eigenvalue weighted by molar-refractivity contribution is 0.301. The molecule has 2 nitrogen and oxygen atoms in total. The molecule has 0 N–H and O–H groups in total. The van der Waals surface area contributed by atoms with E-state index in [2.05, 4.69) is 68.5 Å². The Labute approximate surface area is 132 Å². The van der Waals surface area contributed by atoms with Gasteiger partial charge in [0, 0.05) is 5.56 Å². The zero-order valence-corrected chi connectivity index (χ0v) is 13.3. The van der Waals surface area contributed by atoms with E-state index in [1.807, 2.05) is 0 Å². The Morgan fingerprint density at radius 3 is 2.73 bits per heavy atom. The van der Waals surface area contributed by atoms with Gasteiger partial charge in [0.1, 0.15) is 6.61 Å². The topological polar surface area (TPSA) is 21.6 Å². The Kier molecular flexibility index (Phi) is 4.57. The molecule has 22 heavy (non-hydrogen) atoms. The fourth-order valence-electron chi connectivity index (χ4n) is 2.77. The zero-order chi connectivity index (χ0) is 15.4. The van der Waals surface area contributed by atoms with Gasteiger partial charge in [-0.15, -0.1) is 0 Å². The van der Waals surface area contributed by atoms with Crippen molar-refractivity contribution in [3.05, 3.63) is 65.3 Å². The normalized spacial score (nSPS) is 20.6. The molecule has 0 aromatic heterocycles. The lowest BCUT2D eigenvalue weighted by Crippen LogP contribution is -2.09. The number of rotatable bonds is 5. The highest BCUT2D eigenvalue weighted by Crippen LogP contribution is 2.19. The molecule has 0 saturated heterocycles. The Morgan fingerprint density at radius 1 is 1.23 bits per heavy atom. The van der Waals surface area contributed by atoms with Gasteiger partial charge in [0.15, 0.2) is 0 Å². The van der Waals surface area contributed by atoms with Crippen molar-refractivity contribution in [2.45, 2.75) is 32.7 Å². The molecular formula is C20H23NO. The number of nitrogens with zero attached hydrogens (tertiary/aromatic N) is 1. The highest BCUT2D eigenvalue weighted by molar-refractivity contribution is 5.95. The van der Waals surface area contributed by atoms with Crippen LogP contribution in [0.15, 0.2) is 59.1 Å². The van der Waals surface area contributed by atoms with Crippen molar-refractivity contribution in [2.75, 3.05) is 6.61 Å². The summed E-state index contributed by atoms with van der Waals surface area (Å²) in [5.41, 5.74) is 3.63. The van der Waals surface area contributed by atoms with E-state index in [9.17, 15) is 0 Å². The van der Waals surface area contributed by atoms with Crippen LogP contribution < -0.4 is 0 Å². The average molecular weight is 293 g/mol. The van der Waals surface area contributed by atoms with Crippen molar-refractivity contribution in [3.8, 4) is 0 Å². The maximum Gasteiger partial charge on any atom is 0.216 e. The van der Waals surface area contributed by atoms with Gasteiger partial charge in [-0.05, 0) is 42.0 Å². The number of benzene rings is 1. The summed E-state index contributed by atoms with van der Waals surface area (Å²) in [6.45, 7) is 5.17. The van der Waals surface area contributed by atoms with E-state index in [0.717, 1.165) is 30.9 Å². The van der Waals surface area contributed by atoms with Crippen LogP contribution in [-0.4, -0.2) is 18.5 Å². The number of hydrogen-bond donors (Lipinski definition) is 0. The molecule has 2 heteroatoms. The van der Waals surface area contributed by atoms with E-state index in [1.165, 1.54) is 11.1 Å². The molecular weight excluding hydrogens is 270 g/mol. The van der Waals surface area contributed by atoms with Gasteiger partial charge >= 0.3 is 0 Å². The second-order valence-electron chi connectivity index (χ2n) is 6.36. The third-order valence-corrected chi connectivity index (χ3v) is 3.90. The number of allylic oxidation sites excluding steroid dienone is 5. The predicted molar refractivity (Wildman–Crippen MR) is 93.0 cm³/mol. The van der Waals surface area contributed by atoms with Crippen LogP contribution in [0.4, 0.5) is 0 Å². The van der Waals surface area contributed by atoms with Crippen molar-refractivity contribution in [3.63, 3.8) is 0 Å². The first kappa shape index (κ1) is 14.8. The van der Waals surface area contributed by atoms with Gasteiger partial charge in [0.05, 0.1) is 6.04 Å². The van der Waals surface area contributed by atoms with Gasteiger partial charge in [0.25, 0.3) is 0 Å². The Hall–Kier alpha value is -2.09. The molecule has 114 valence electrons. The Morgan fingerprint density at radius 2 is 2.05 bits per heavy atom. The van der Waals surface area contributed by atoms with Gasteiger partial charge in [-0.1, -0.05) is 56.4 Å². The maximum absolute atomic E-state index is 5.75. The smallest absolute Gasteiger partial charge is 0.216 e. The summed E-state index contributed by atoms with van der Waals surface area (Å²) >= 11 is 0. The molecule has 0 bridgehead atoms. The summed E-state index contributed by atoms with van der Waals surface area (Å²) in [6, 6.07) is 8.75. The molecule has 1 unspecified atom stereocenters. The molecule has 0 radical (unpaired) electrons. The number of ether oxygens (including phenoxy) is 1. The Bertz CT molecular complexity index is 632. The molecule has 0 amide bonds. The second-order valence-corrected chi connectivity index (χ2v) is 6.36. The third-order valence-electron chi connectivity index (χ3n) is 3.90. The van der Waals surface area contributed by atoms with E-state index in [4.69, 9.17) is 9.73 Å². The fourth-order valence-corrected chi connectivity index (χ4v) is 2.77. The number of aliphatic imine (C=N–C) groups is 1. The van der Waals surface area contributed by atoms with E-state index >= 15 is 0 Å². The monoisotopic (exact) mass is 293 g/mol. The summed E-state index contributed by atoms with van der Waals surface area (Å²) in [6.07, 6.45) is 12.9. The summed E-state index contributed by atoms with van der Waals surface area (Å²) < 4.78 is 5.75. The van der Waals surface area contributed by atoms with E-state index in [-0.39, 0.29) is 0 Å². The van der Waals surface area contributed by atoms with Crippen LogP contribution in [0.1, 0.15) is 37.8 Å². The van der Waals surface area contributed by atoms with E-state index in [1.54, 1.807) is 0 Å². The van der Waals surface area contributed by atoms with Crippen LogP contribution >= 0.6 is 0 Å². The molecule has 1 aromatic rings. The Balaban J connectivity index is 1.64. The van der Waals surface area contributed by atoms with Crippen LogP contribution in [0.25, 0.3) is 6.08 Å². The SMILES string of the molecule is CC(C)CC1COC(c2ccc(/C=C/C3=CC=CC3)cc2)=N1. The largest absolute Gasteiger partial charge is 0.475 e. The lowest BCUT2D eigenvalue weighted by Gasteiger charge is -2.06. The summed E-state index contributed by atoms with van der Waals surface area (Å²) in [5, 5.41) is 0. The maximum atomic E-state index is 5.75. The highest BCUT2D eigenvalue weighted by atomic mass is 16.5. The van der Waals surface area contributed by atoms with Gasteiger partial charge < -0.3 is 4.74 Å². The summed E-state index contributed by atoms with van der Waals surface area (Å²) in [5.74, 6) is 1.45. The van der Waals surface area contributed by atoms with Crippen LogP contribution in [0.2, 0.25) is 0 Å². The highest BCUT2D eigenvalue weighted by Gasteiger charge is 2.20. The minimum atomic E-state index is 0.316. The zero-order valence-electron chi connectivity index (χ0n) is 13.3. The minimum Gasteiger partial charge on any atom is -0.475 e. The van der Waals surface area contributed by atoms with Crippen LogP contribution in [0, 0.1) is 5.92 Å². The van der Waals surface area contributed by atoms with Gasteiger partial charge in [-0.2, -0.15) is 0 Å². The molecule has 0 fully saturated rings. The molecule has 0 spiro atoms. The van der Waals surface area contributed by atoms with Crippen LogP contribution in [0.3, 0.4) is 0 Å². The van der Waals surface area contributed by atoms with Crippen molar-refractivity contribution in [1.82, 2.24) is 0 Å². The molecule has 1 aliphatic carbocycles. The molecule has 1 heterocycles. The van der Waals surface area contributed by atoms with Gasteiger partial charge in [0.2, 0.25) is 5.90 Å². The predicted octanol–water partition coefficient (Wildman–Crippen LogP) is 4.78. The standard InChI is InChI=1S/C20H23NO/c1-15(2)13-19-14-22-20(21-19)18-11-9-17(10-12-18)8-7-16-5-3-4-6-16/h3-5,7-12,15,19H,6,13-14H2,1-2H3/b8-7+. The quantitative estimate of drug-likeness (QED) is 0.765. The molecule has 1 aromatic carbocycles. The lowest BCUT2D eigenvalue weighted by atomic mass is 10.1. The van der Waals surface area contributed by atoms with Crippen LogP contribution in [-0.2, 0) is 4.74 Å². The summed E-state index contributed by atoms with van der Waals surface area (Å²) in [4.78, 5) is 4.70. The fraction of sp³-hybridized carbons (Fsp3) is 0.350. The van der Waals surface area contributed by atoms with Crippen molar-refractivity contribution >= 4 is 12.0 Å². The first-order chi connectivity index (χ1) is 10.7. The van der Waals surface area contributed by atoms with Crippen molar-refractivity contribution in [2.24, 2.45) is 10.9 Å². The third kappa shape index (κ3) is 3.76. The van der Waals surface area contributed by atoms with E-state index < -0.39 is 0 Å². The molecule has 1 aliphatic heterocycles. The average Bonchev–Trinajstić information content (AvgIpc) is 3.16. The minimum absolute atomic E-state index is 0.316. The molecule has 0 saturated carbocycles. The van der Waals surface area contributed by atoms with Crippen molar-refractivity contribution in [1.29, 1.82) is 0 Å². The summed E-state index contributed by atoms with van der Waals surface area (Å²) in [7, 11) is 0. The van der Waals surface area contributed by atoms with Gasteiger partial charge in [-0.3, -0.25) is 0 Å². The van der Waals surface area contributed by atoms with Gasteiger partial charge in [-0.25, -0.2) is 4.99 Å². The van der Waals surface area contributed by atoms with Crippen LogP contribution in [0.5, 0.6) is 0 Å². The molecule has 2 aliphatic rings. The van der Waals surface area contributed by atoms with E-state index in [0.29, 0.717) is 12.0 Å². The van der Waals surface area contributed by atoms with Crippen molar-refractivity contribution < 1.29 is 4.74 Å². The second kappa shape index (κ2) is 6.78. The molecule has 1 atom stereocenters. The number of hydrogen-bond acceptors (Lipinski definition) is 2. The molecule has 3 rings (SSSR count).